The molecule has 1 N–H and O–H groups in total. The first-order valence-corrected chi connectivity index (χ1v) is 5.91. The second-order valence-corrected chi connectivity index (χ2v) is 5.10. The van der Waals surface area contributed by atoms with Crippen LogP contribution >= 0.6 is 0 Å². The summed E-state index contributed by atoms with van der Waals surface area (Å²) in [7, 11) is 0. The van der Waals surface area contributed by atoms with Crippen molar-refractivity contribution in [2.24, 2.45) is 5.92 Å². The third-order valence-corrected chi connectivity index (χ3v) is 4.11. The zero-order valence-electron chi connectivity index (χ0n) is 9.35. The summed E-state index contributed by atoms with van der Waals surface area (Å²) >= 11 is 0. The van der Waals surface area contributed by atoms with E-state index in [1.807, 2.05) is 6.07 Å². The summed E-state index contributed by atoms with van der Waals surface area (Å²) in [6.45, 7) is 1.81. The standard InChI is InChI=1S/C13H14F3N/c14-13(15,16)10-3-1-2-9(6-10)12-7-11(12)4-5-17-8-12/h1-3,6,11,17H,4-5,7-8H2/t11-,12-/m1/s1. The van der Waals surface area contributed by atoms with Crippen LogP contribution in [0.15, 0.2) is 24.3 Å². The molecule has 1 aromatic rings. The first-order chi connectivity index (χ1) is 8.02. The van der Waals surface area contributed by atoms with Crippen molar-refractivity contribution in [1.82, 2.24) is 5.32 Å². The number of alkyl halides is 3. The number of halogens is 3. The second kappa shape index (κ2) is 3.48. The van der Waals surface area contributed by atoms with Gasteiger partial charge in [0.05, 0.1) is 5.56 Å². The highest BCUT2D eigenvalue weighted by Gasteiger charge is 2.56. The van der Waals surface area contributed by atoms with E-state index >= 15 is 0 Å². The first-order valence-electron chi connectivity index (χ1n) is 5.91. The Labute approximate surface area is 98.0 Å². The van der Waals surface area contributed by atoms with Crippen molar-refractivity contribution in [2.75, 3.05) is 13.1 Å². The lowest BCUT2D eigenvalue weighted by Crippen LogP contribution is -2.34. The maximum atomic E-state index is 12.7. The molecule has 0 radical (unpaired) electrons. The van der Waals surface area contributed by atoms with Crippen molar-refractivity contribution < 1.29 is 13.2 Å². The van der Waals surface area contributed by atoms with Crippen molar-refractivity contribution >= 4 is 0 Å². The molecule has 1 aliphatic heterocycles. The van der Waals surface area contributed by atoms with Crippen LogP contribution in [0, 0.1) is 5.92 Å². The molecule has 4 heteroatoms. The minimum absolute atomic E-state index is 0.0144. The van der Waals surface area contributed by atoms with E-state index in [9.17, 15) is 13.2 Å². The van der Waals surface area contributed by atoms with Gasteiger partial charge in [-0.25, -0.2) is 0 Å². The minimum Gasteiger partial charge on any atom is -0.316 e. The average molecular weight is 241 g/mol. The summed E-state index contributed by atoms with van der Waals surface area (Å²) in [6, 6.07) is 5.83. The van der Waals surface area contributed by atoms with E-state index in [-0.39, 0.29) is 5.41 Å². The molecule has 1 aliphatic carbocycles. The van der Waals surface area contributed by atoms with Gasteiger partial charge < -0.3 is 5.32 Å². The van der Waals surface area contributed by atoms with Gasteiger partial charge in [0, 0.05) is 12.0 Å². The van der Waals surface area contributed by atoms with Gasteiger partial charge in [0.15, 0.2) is 0 Å². The van der Waals surface area contributed by atoms with Gasteiger partial charge in [-0.1, -0.05) is 18.2 Å². The van der Waals surface area contributed by atoms with E-state index in [1.54, 1.807) is 0 Å². The van der Waals surface area contributed by atoms with Gasteiger partial charge in [-0.3, -0.25) is 0 Å². The van der Waals surface area contributed by atoms with Crippen LogP contribution in [0.2, 0.25) is 0 Å². The molecule has 2 fully saturated rings. The Bertz CT molecular complexity index is 441. The summed E-state index contributed by atoms with van der Waals surface area (Å²) in [4.78, 5) is 0. The van der Waals surface area contributed by atoms with E-state index in [2.05, 4.69) is 5.32 Å². The predicted molar refractivity (Wildman–Crippen MR) is 58.7 cm³/mol. The van der Waals surface area contributed by atoms with Crippen LogP contribution in [0.3, 0.4) is 0 Å². The third kappa shape index (κ3) is 1.75. The Morgan fingerprint density at radius 3 is 2.82 bits per heavy atom. The lowest BCUT2D eigenvalue weighted by Gasteiger charge is -2.24. The van der Waals surface area contributed by atoms with E-state index in [0.717, 1.165) is 37.6 Å². The zero-order chi connectivity index (χ0) is 12.1. The molecule has 1 heterocycles. The van der Waals surface area contributed by atoms with Crippen LogP contribution < -0.4 is 5.32 Å². The van der Waals surface area contributed by atoms with Crippen molar-refractivity contribution in [3.05, 3.63) is 35.4 Å². The molecule has 2 atom stereocenters. The molecular formula is C13H14F3N. The molecule has 1 aromatic carbocycles. The second-order valence-electron chi connectivity index (χ2n) is 5.10. The van der Waals surface area contributed by atoms with Crippen molar-refractivity contribution in [1.29, 1.82) is 0 Å². The monoisotopic (exact) mass is 241 g/mol. The smallest absolute Gasteiger partial charge is 0.316 e. The lowest BCUT2D eigenvalue weighted by molar-refractivity contribution is -0.137. The van der Waals surface area contributed by atoms with Gasteiger partial charge in [-0.2, -0.15) is 13.2 Å². The highest BCUT2D eigenvalue weighted by Crippen LogP contribution is 2.57. The summed E-state index contributed by atoms with van der Waals surface area (Å²) in [5.74, 6) is 0.576. The number of fused-ring (bicyclic) bond motifs is 1. The average Bonchev–Trinajstić information content (AvgIpc) is 3.04. The third-order valence-electron chi connectivity index (χ3n) is 4.11. The number of hydrogen-bond acceptors (Lipinski definition) is 1. The summed E-state index contributed by atoms with van der Waals surface area (Å²) in [6.07, 6.45) is -2.13. The predicted octanol–water partition coefficient (Wildman–Crippen LogP) is 2.96. The molecule has 0 amide bonds. The van der Waals surface area contributed by atoms with Gasteiger partial charge in [-0.05, 0) is 36.9 Å². The Kier molecular flexibility index (Phi) is 2.27. The molecule has 0 spiro atoms. The van der Waals surface area contributed by atoms with Crippen LogP contribution in [0.4, 0.5) is 13.2 Å². The van der Waals surface area contributed by atoms with Gasteiger partial charge in [0.1, 0.15) is 0 Å². The fourth-order valence-corrected chi connectivity index (χ4v) is 3.02. The largest absolute Gasteiger partial charge is 0.416 e. The maximum absolute atomic E-state index is 12.7. The van der Waals surface area contributed by atoms with Crippen molar-refractivity contribution in [3.8, 4) is 0 Å². The maximum Gasteiger partial charge on any atom is 0.416 e. The van der Waals surface area contributed by atoms with Crippen LogP contribution in [-0.4, -0.2) is 13.1 Å². The Morgan fingerprint density at radius 1 is 1.29 bits per heavy atom. The van der Waals surface area contributed by atoms with E-state index in [0.29, 0.717) is 5.92 Å². The Hall–Kier alpha value is -1.03. The molecule has 1 saturated carbocycles. The summed E-state index contributed by atoms with van der Waals surface area (Å²) in [5.41, 5.74) is 0.310. The topological polar surface area (TPSA) is 12.0 Å². The van der Waals surface area contributed by atoms with Crippen LogP contribution in [0.5, 0.6) is 0 Å². The number of nitrogens with one attached hydrogen (secondary N) is 1. The first kappa shape index (κ1) is 11.1. The molecule has 3 rings (SSSR count). The SMILES string of the molecule is FC(F)(F)c1cccc([C@@]23CNCC[C@@H]2C3)c1. The van der Waals surface area contributed by atoms with Crippen LogP contribution in [0.25, 0.3) is 0 Å². The molecule has 2 aliphatic rings. The Morgan fingerprint density at radius 2 is 2.12 bits per heavy atom. The fraction of sp³-hybridized carbons (Fsp3) is 0.538. The quantitative estimate of drug-likeness (QED) is 0.797. The zero-order valence-corrected chi connectivity index (χ0v) is 9.35. The fourth-order valence-electron chi connectivity index (χ4n) is 3.02. The van der Waals surface area contributed by atoms with Crippen molar-refractivity contribution in [3.63, 3.8) is 0 Å². The van der Waals surface area contributed by atoms with Crippen molar-refractivity contribution in [2.45, 2.75) is 24.4 Å². The van der Waals surface area contributed by atoms with Crippen LogP contribution in [-0.2, 0) is 11.6 Å². The van der Waals surface area contributed by atoms with Gasteiger partial charge in [-0.15, -0.1) is 0 Å². The lowest BCUT2D eigenvalue weighted by atomic mass is 9.89. The molecule has 1 saturated heterocycles. The number of hydrogen-bond donors (Lipinski definition) is 1. The summed E-state index contributed by atoms with van der Waals surface area (Å²) in [5, 5.41) is 3.29. The molecule has 0 aromatic heterocycles. The van der Waals surface area contributed by atoms with Crippen LogP contribution in [0.1, 0.15) is 24.0 Å². The molecule has 92 valence electrons. The molecule has 0 unspecified atom stereocenters. The summed E-state index contributed by atoms with van der Waals surface area (Å²) < 4.78 is 38.0. The molecular weight excluding hydrogens is 227 g/mol. The minimum atomic E-state index is -4.24. The highest BCUT2D eigenvalue weighted by molar-refractivity contribution is 5.38. The molecule has 17 heavy (non-hydrogen) atoms. The highest BCUT2D eigenvalue weighted by atomic mass is 19.4. The van der Waals surface area contributed by atoms with Gasteiger partial charge in [0.2, 0.25) is 0 Å². The molecule has 0 bridgehead atoms. The molecule has 1 nitrogen and oxygen atoms in total. The van der Waals surface area contributed by atoms with Gasteiger partial charge in [0.25, 0.3) is 0 Å². The van der Waals surface area contributed by atoms with Gasteiger partial charge >= 0.3 is 6.18 Å². The number of rotatable bonds is 1. The number of benzene rings is 1. The number of piperidine rings is 1. The van der Waals surface area contributed by atoms with E-state index in [4.69, 9.17) is 0 Å². The van der Waals surface area contributed by atoms with E-state index in [1.165, 1.54) is 12.1 Å². The Balaban J connectivity index is 1.94. The van der Waals surface area contributed by atoms with E-state index < -0.39 is 11.7 Å². The normalized spacial score (nSPS) is 32.1.